The summed E-state index contributed by atoms with van der Waals surface area (Å²) in [5.41, 5.74) is 0. The molecule has 0 heterocycles. The van der Waals surface area contributed by atoms with Crippen LogP contribution in [0.3, 0.4) is 0 Å². The van der Waals surface area contributed by atoms with Crippen LogP contribution in [0.25, 0.3) is 0 Å². The van der Waals surface area contributed by atoms with Gasteiger partial charge in [0.2, 0.25) is 0 Å². The Labute approximate surface area is 129 Å². The second-order valence-electron chi connectivity index (χ2n) is 10.2. The molecule has 0 N–H and O–H groups in total. The molecule has 0 nitrogen and oxygen atoms in total. The summed E-state index contributed by atoms with van der Waals surface area (Å²) in [5, 5.41) is 4.12. The van der Waals surface area contributed by atoms with Crippen molar-refractivity contribution in [1.82, 2.24) is 0 Å². The van der Waals surface area contributed by atoms with Crippen molar-refractivity contribution in [2.45, 2.75) is 77.8 Å². The van der Waals surface area contributed by atoms with Gasteiger partial charge in [-0.2, -0.15) is 0 Å². The molecule has 0 atom stereocenters. The van der Waals surface area contributed by atoms with Crippen molar-refractivity contribution in [2.75, 3.05) is 0 Å². The van der Waals surface area contributed by atoms with Crippen LogP contribution in [0.1, 0.15) is 41.5 Å². The van der Waals surface area contributed by atoms with Crippen LogP contribution in [0.15, 0.2) is 24.3 Å². The van der Waals surface area contributed by atoms with E-state index < -0.39 is 16.1 Å². The molecule has 1 aromatic rings. The average Bonchev–Trinajstić information content (AvgIpc) is 2.26. The zero-order chi connectivity index (χ0) is 16.0. The average molecular weight is 309 g/mol. The summed E-state index contributed by atoms with van der Waals surface area (Å²) in [6, 6.07) is 9.77. The van der Waals surface area contributed by atoms with E-state index in [1.54, 1.807) is 10.4 Å². The van der Waals surface area contributed by atoms with Crippen molar-refractivity contribution < 1.29 is 0 Å². The molecule has 0 unspecified atom stereocenters. The first kappa shape index (κ1) is 17.7. The van der Waals surface area contributed by atoms with Gasteiger partial charge in [0.1, 0.15) is 0 Å². The van der Waals surface area contributed by atoms with Crippen LogP contribution in [-0.4, -0.2) is 16.1 Å². The van der Waals surface area contributed by atoms with E-state index in [2.05, 4.69) is 92.0 Å². The summed E-state index contributed by atoms with van der Waals surface area (Å²) >= 11 is 0. The van der Waals surface area contributed by atoms with Crippen LogP contribution in [0.2, 0.25) is 36.3 Å². The van der Waals surface area contributed by atoms with E-state index in [1.165, 1.54) is 0 Å². The summed E-state index contributed by atoms with van der Waals surface area (Å²) in [4.78, 5) is 0. The molecule has 0 aliphatic carbocycles. The van der Waals surface area contributed by atoms with Crippen LogP contribution in [0.4, 0.5) is 0 Å². The van der Waals surface area contributed by atoms with Crippen LogP contribution < -0.4 is 10.4 Å². The van der Waals surface area contributed by atoms with Crippen LogP contribution in [0, 0.1) is 0 Å². The third-order valence-corrected chi connectivity index (χ3v) is 19.7. The van der Waals surface area contributed by atoms with Crippen LogP contribution >= 0.6 is 0 Å². The quantitative estimate of drug-likeness (QED) is 0.701. The van der Waals surface area contributed by atoms with E-state index in [1.807, 2.05) is 0 Å². The third-order valence-electron chi connectivity index (χ3n) is 6.93. The molecule has 0 bridgehead atoms. The molecule has 0 amide bonds. The Kier molecular flexibility index (Phi) is 4.54. The van der Waals surface area contributed by atoms with Crippen molar-refractivity contribution in [1.29, 1.82) is 0 Å². The Morgan fingerprint density at radius 3 is 0.900 bits per heavy atom. The molecule has 0 aromatic heterocycles. The van der Waals surface area contributed by atoms with E-state index in [-0.39, 0.29) is 0 Å². The second-order valence-corrected chi connectivity index (χ2v) is 22.5. The van der Waals surface area contributed by atoms with Crippen molar-refractivity contribution in [2.24, 2.45) is 0 Å². The van der Waals surface area contributed by atoms with Gasteiger partial charge in [0.15, 0.2) is 0 Å². The molecule has 0 spiro atoms. The van der Waals surface area contributed by atoms with Gasteiger partial charge in [-0.25, -0.2) is 0 Å². The van der Waals surface area contributed by atoms with E-state index >= 15 is 0 Å². The SMILES string of the molecule is CC(C)(C)[SiH-](C)(C)c1ccc([SiH-](C)(C)C(C)(C)C)cc1. The van der Waals surface area contributed by atoms with Gasteiger partial charge in [0.05, 0.1) is 0 Å². The number of hydrogen-bond donors (Lipinski definition) is 0. The predicted octanol–water partition coefficient (Wildman–Crippen LogP) is 4.58. The van der Waals surface area contributed by atoms with E-state index in [9.17, 15) is 0 Å². The minimum atomic E-state index is -1.71. The Hall–Kier alpha value is -0.346. The van der Waals surface area contributed by atoms with Crippen molar-refractivity contribution in [3.8, 4) is 0 Å². The standard InChI is InChI=1S/C18H36Si2/c1-17(2,3)19(7,8)15-11-13-16(14-12-15)20(9,10)18(4,5)6/h11-14,19-20H,1-10H3/q-2. The Bertz CT molecular complexity index is 409. The number of hydrogen-bond acceptors (Lipinski definition) is 0. The van der Waals surface area contributed by atoms with Crippen molar-refractivity contribution in [3.05, 3.63) is 24.3 Å². The fourth-order valence-corrected chi connectivity index (χ4v) is 6.77. The Morgan fingerprint density at radius 2 is 0.750 bits per heavy atom. The van der Waals surface area contributed by atoms with Crippen LogP contribution in [-0.2, 0) is 0 Å². The molecule has 0 aliphatic rings. The summed E-state index contributed by atoms with van der Waals surface area (Å²) in [7, 11) is -3.42. The molecule has 118 valence electrons. The predicted molar refractivity (Wildman–Crippen MR) is 103 cm³/mol. The summed E-state index contributed by atoms with van der Waals surface area (Å²) in [6.45, 7) is 24.5. The Morgan fingerprint density at radius 1 is 0.550 bits per heavy atom. The van der Waals surface area contributed by atoms with Crippen LogP contribution in [0.5, 0.6) is 0 Å². The number of benzene rings is 1. The minimum absolute atomic E-state index is 0.438. The van der Waals surface area contributed by atoms with Gasteiger partial charge in [-0.05, 0) is 0 Å². The fraction of sp³-hybridized carbons (Fsp3) is 0.667. The molecule has 0 saturated carbocycles. The first-order valence-electron chi connectivity index (χ1n) is 8.29. The topological polar surface area (TPSA) is 0 Å². The van der Waals surface area contributed by atoms with Gasteiger partial charge >= 0.3 is 129 Å². The molecule has 20 heavy (non-hydrogen) atoms. The molecule has 1 rings (SSSR count). The molecule has 2 heteroatoms. The van der Waals surface area contributed by atoms with Crippen molar-refractivity contribution >= 4 is 26.5 Å². The second kappa shape index (κ2) is 5.13. The molecule has 0 radical (unpaired) electrons. The Balaban J connectivity index is 3.20. The van der Waals surface area contributed by atoms with Gasteiger partial charge in [0.25, 0.3) is 0 Å². The van der Waals surface area contributed by atoms with Gasteiger partial charge < -0.3 is 0 Å². The first-order chi connectivity index (χ1) is 8.71. The molecule has 0 fully saturated rings. The molecular weight excluding hydrogens is 272 g/mol. The zero-order valence-electron chi connectivity index (χ0n) is 15.5. The maximum absolute atomic E-state index is 2.52. The van der Waals surface area contributed by atoms with Gasteiger partial charge in [-0.3, -0.25) is 0 Å². The molecule has 1 aromatic carbocycles. The van der Waals surface area contributed by atoms with E-state index in [0.29, 0.717) is 10.1 Å². The summed E-state index contributed by atoms with van der Waals surface area (Å²) < 4.78 is 0. The summed E-state index contributed by atoms with van der Waals surface area (Å²) in [5.74, 6) is 0. The molecular formula is C18H36Si2-2. The first-order valence-corrected chi connectivity index (χ1v) is 15.2. The van der Waals surface area contributed by atoms with Gasteiger partial charge in [0, 0.05) is 0 Å². The maximum atomic E-state index is 2.52. The normalized spacial score (nSPS) is 16.1. The van der Waals surface area contributed by atoms with E-state index in [4.69, 9.17) is 0 Å². The zero-order valence-corrected chi connectivity index (χ0v) is 17.8. The van der Waals surface area contributed by atoms with Crippen molar-refractivity contribution in [3.63, 3.8) is 0 Å². The molecule has 0 saturated heterocycles. The third kappa shape index (κ3) is 3.11. The van der Waals surface area contributed by atoms with E-state index in [0.717, 1.165) is 0 Å². The monoisotopic (exact) mass is 308 g/mol. The molecule has 0 aliphatic heterocycles. The van der Waals surface area contributed by atoms with Gasteiger partial charge in [-0.1, -0.05) is 0 Å². The number of rotatable bonds is 2. The summed E-state index contributed by atoms with van der Waals surface area (Å²) in [6.07, 6.45) is 0. The fourth-order valence-electron chi connectivity index (χ4n) is 2.46. The van der Waals surface area contributed by atoms with Gasteiger partial charge in [-0.15, -0.1) is 0 Å².